The van der Waals surface area contributed by atoms with Crippen molar-refractivity contribution in [3.8, 4) is 0 Å². The minimum Gasteiger partial charge on any atom is -0.354 e. The van der Waals surface area contributed by atoms with Crippen LogP contribution in [0.2, 0.25) is 0 Å². The largest absolute Gasteiger partial charge is 0.354 e. The first kappa shape index (κ1) is 21.7. The van der Waals surface area contributed by atoms with Gasteiger partial charge in [-0.2, -0.15) is 0 Å². The van der Waals surface area contributed by atoms with Crippen LogP contribution < -0.4 is 10.0 Å². The summed E-state index contributed by atoms with van der Waals surface area (Å²) in [7, 11) is -3.34. The fourth-order valence-corrected chi connectivity index (χ4v) is 4.76. The normalized spacial score (nSPS) is 25.3. The Balaban J connectivity index is 1.77. The predicted octanol–water partition coefficient (Wildman–Crippen LogP) is -0.443. The number of piperazine rings is 1. The van der Waals surface area contributed by atoms with E-state index in [9.17, 15) is 18.0 Å². The molecule has 1 aromatic rings. The lowest BCUT2D eigenvalue weighted by molar-refractivity contribution is -0.144. The number of amides is 2. The van der Waals surface area contributed by atoms with E-state index in [2.05, 4.69) is 15.0 Å². The molecule has 160 valence electrons. The molecule has 0 unspecified atom stereocenters. The smallest absolute Gasteiger partial charge is 0.242 e. The van der Waals surface area contributed by atoms with Crippen molar-refractivity contribution in [1.29, 1.82) is 0 Å². The highest BCUT2D eigenvalue weighted by molar-refractivity contribution is 7.88. The Morgan fingerprint density at radius 1 is 1.31 bits per heavy atom. The van der Waals surface area contributed by atoms with E-state index < -0.39 is 16.1 Å². The van der Waals surface area contributed by atoms with E-state index in [-0.39, 0.29) is 36.4 Å². The van der Waals surface area contributed by atoms with Crippen LogP contribution in [0.25, 0.3) is 0 Å². The Morgan fingerprint density at radius 2 is 2.07 bits per heavy atom. The quantitative estimate of drug-likeness (QED) is 0.615. The number of aromatic nitrogens is 1. The molecule has 2 amide bonds. The number of fused-ring (bicyclic) bond motifs is 1. The number of nitrogens with zero attached hydrogens (tertiary/aromatic N) is 3. The first-order chi connectivity index (χ1) is 13.6. The summed E-state index contributed by atoms with van der Waals surface area (Å²) < 4.78 is 25.8. The molecule has 0 aromatic carbocycles. The molecule has 2 aliphatic rings. The number of carbonyl (C=O) groups is 2. The molecule has 10 heteroatoms. The van der Waals surface area contributed by atoms with Gasteiger partial charge < -0.3 is 10.2 Å². The van der Waals surface area contributed by atoms with E-state index in [0.717, 1.165) is 11.9 Å². The van der Waals surface area contributed by atoms with Gasteiger partial charge in [-0.3, -0.25) is 19.5 Å². The monoisotopic (exact) mass is 423 g/mol. The van der Waals surface area contributed by atoms with Crippen LogP contribution in [-0.4, -0.2) is 79.0 Å². The highest BCUT2D eigenvalue weighted by Crippen LogP contribution is 2.27. The lowest BCUT2D eigenvalue weighted by Gasteiger charge is -2.42. The Morgan fingerprint density at radius 3 is 2.69 bits per heavy atom. The Kier molecular flexibility index (Phi) is 6.55. The number of sulfonamides is 1. The number of rotatable bonds is 7. The van der Waals surface area contributed by atoms with E-state index in [1.54, 1.807) is 11.1 Å². The van der Waals surface area contributed by atoms with Gasteiger partial charge in [-0.05, 0) is 18.6 Å². The van der Waals surface area contributed by atoms with Crippen LogP contribution in [0.3, 0.4) is 0 Å². The third-order valence-corrected chi connectivity index (χ3v) is 6.10. The average molecular weight is 424 g/mol. The second-order valence-electron chi connectivity index (χ2n) is 8.13. The van der Waals surface area contributed by atoms with Crippen molar-refractivity contribution in [1.82, 2.24) is 24.8 Å². The number of hydrogen-bond acceptors (Lipinski definition) is 6. The molecular formula is C19H29N5O4S. The molecule has 2 fully saturated rings. The summed E-state index contributed by atoms with van der Waals surface area (Å²) in [4.78, 5) is 33.4. The molecule has 9 nitrogen and oxygen atoms in total. The first-order valence-electron chi connectivity index (χ1n) is 9.83. The van der Waals surface area contributed by atoms with Crippen molar-refractivity contribution in [2.45, 2.75) is 44.9 Å². The van der Waals surface area contributed by atoms with Crippen LogP contribution in [0, 0.1) is 5.92 Å². The van der Waals surface area contributed by atoms with Crippen molar-refractivity contribution in [3.63, 3.8) is 0 Å². The van der Waals surface area contributed by atoms with Crippen LogP contribution in [0.5, 0.6) is 0 Å². The van der Waals surface area contributed by atoms with Gasteiger partial charge in [-0.15, -0.1) is 0 Å². The molecule has 29 heavy (non-hydrogen) atoms. The van der Waals surface area contributed by atoms with Gasteiger partial charge >= 0.3 is 0 Å². The molecule has 0 bridgehead atoms. The van der Waals surface area contributed by atoms with Gasteiger partial charge in [0.15, 0.2) is 0 Å². The second-order valence-corrected chi connectivity index (χ2v) is 9.91. The fraction of sp³-hybridized carbons (Fsp3) is 0.632. The fourth-order valence-electron chi connectivity index (χ4n) is 3.99. The summed E-state index contributed by atoms with van der Waals surface area (Å²) in [6.45, 7) is 5.28. The van der Waals surface area contributed by atoms with Crippen LogP contribution in [0.4, 0.5) is 0 Å². The molecule has 0 saturated carbocycles. The lowest BCUT2D eigenvalue weighted by Crippen LogP contribution is -2.62. The summed E-state index contributed by atoms with van der Waals surface area (Å²) in [6, 6.07) is 4.78. The molecule has 0 spiro atoms. The average Bonchev–Trinajstić information content (AvgIpc) is 3.02. The number of nitrogens with one attached hydrogen (secondary N) is 2. The van der Waals surface area contributed by atoms with E-state index in [1.165, 1.54) is 0 Å². The second kappa shape index (κ2) is 8.76. The van der Waals surface area contributed by atoms with E-state index >= 15 is 0 Å². The van der Waals surface area contributed by atoms with E-state index in [1.807, 2.05) is 36.9 Å². The highest BCUT2D eigenvalue weighted by Gasteiger charge is 2.45. The number of carbonyl (C=O) groups excluding carboxylic acids is 2. The molecule has 3 heterocycles. The summed E-state index contributed by atoms with van der Waals surface area (Å²) in [5, 5.41) is 2.87. The molecular weight excluding hydrogens is 394 g/mol. The van der Waals surface area contributed by atoms with Crippen LogP contribution in [-0.2, 0) is 26.2 Å². The van der Waals surface area contributed by atoms with Crippen molar-refractivity contribution in [2.24, 2.45) is 5.92 Å². The maximum Gasteiger partial charge on any atom is 0.242 e. The predicted molar refractivity (Wildman–Crippen MR) is 108 cm³/mol. The Labute approximate surface area is 171 Å². The molecule has 3 rings (SSSR count). The summed E-state index contributed by atoms with van der Waals surface area (Å²) in [6.07, 6.45) is 3.41. The zero-order chi connectivity index (χ0) is 21.2. The molecule has 1 aromatic heterocycles. The lowest BCUT2D eigenvalue weighted by atomic mass is 10.0. The third kappa shape index (κ3) is 5.52. The van der Waals surface area contributed by atoms with Crippen molar-refractivity contribution in [2.75, 3.05) is 25.9 Å². The van der Waals surface area contributed by atoms with Crippen molar-refractivity contribution < 1.29 is 18.0 Å². The Bertz CT molecular complexity index is 845. The number of pyridine rings is 1. The van der Waals surface area contributed by atoms with Gasteiger partial charge in [0.25, 0.3) is 0 Å². The molecule has 3 atom stereocenters. The van der Waals surface area contributed by atoms with Gasteiger partial charge in [-0.25, -0.2) is 13.1 Å². The Hall–Kier alpha value is -2.04. The first-order valence-corrected chi connectivity index (χ1v) is 11.7. The summed E-state index contributed by atoms with van der Waals surface area (Å²) in [5.41, 5.74) is 0.845. The zero-order valence-corrected chi connectivity index (χ0v) is 17.9. The van der Waals surface area contributed by atoms with Crippen molar-refractivity contribution in [3.05, 3.63) is 30.1 Å². The summed E-state index contributed by atoms with van der Waals surface area (Å²) >= 11 is 0. The van der Waals surface area contributed by atoms with Crippen LogP contribution in [0.1, 0.15) is 26.0 Å². The standard InChI is InChI=1S/C19H29N5O4S/c1-13(2)18(25)21-9-17-19(26)24-11-15(22-29(3,27)28)8-16(24)12-23(17)10-14-6-4-5-7-20-14/h4-7,13,15-17,22H,8-12H2,1-3H3,(H,21,25)/t15-,16-,17-/m0/s1. The zero-order valence-electron chi connectivity index (χ0n) is 17.0. The SMILES string of the molecule is CC(C)C(=O)NC[C@H]1C(=O)N2C[C@@H](NS(C)(=O)=O)C[C@H]2CN1Cc1ccccn1. The minimum absolute atomic E-state index is 0.0671. The molecule has 0 radical (unpaired) electrons. The highest BCUT2D eigenvalue weighted by atomic mass is 32.2. The molecule has 0 aliphatic carbocycles. The molecule has 2 N–H and O–H groups in total. The van der Waals surface area contributed by atoms with E-state index in [0.29, 0.717) is 26.1 Å². The topological polar surface area (TPSA) is 112 Å². The minimum atomic E-state index is -3.34. The van der Waals surface area contributed by atoms with Gasteiger partial charge in [0, 0.05) is 50.4 Å². The van der Waals surface area contributed by atoms with Crippen molar-refractivity contribution >= 4 is 21.8 Å². The van der Waals surface area contributed by atoms with Crippen LogP contribution in [0.15, 0.2) is 24.4 Å². The van der Waals surface area contributed by atoms with Crippen LogP contribution >= 0.6 is 0 Å². The molecule has 2 saturated heterocycles. The third-order valence-electron chi connectivity index (χ3n) is 5.33. The van der Waals surface area contributed by atoms with Gasteiger partial charge in [-0.1, -0.05) is 19.9 Å². The van der Waals surface area contributed by atoms with E-state index in [4.69, 9.17) is 0 Å². The van der Waals surface area contributed by atoms with Gasteiger partial charge in [0.05, 0.1) is 11.9 Å². The van der Waals surface area contributed by atoms with Gasteiger partial charge in [0.2, 0.25) is 21.8 Å². The summed E-state index contributed by atoms with van der Waals surface area (Å²) in [5.74, 6) is -0.351. The van der Waals surface area contributed by atoms with Gasteiger partial charge in [0.1, 0.15) is 6.04 Å². The number of hydrogen-bond donors (Lipinski definition) is 2. The maximum absolute atomic E-state index is 13.2. The maximum atomic E-state index is 13.2. The molecule has 2 aliphatic heterocycles.